The Kier molecular flexibility index (Phi) is 6.33. The molecule has 0 spiro atoms. The lowest BCUT2D eigenvalue weighted by atomic mass is 10.1. The molecular formula is C16H23N5O4S. The highest BCUT2D eigenvalue weighted by atomic mass is 32.1. The molecular weight excluding hydrogens is 358 g/mol. The molecule has 10 heteroatoms. The van der Waals surface area contributed by atoms with Crippen molar-refractivity contribution in [2.45, 2.75) is 50.5 Å². The van der Waals surface area contributed by atoms with E-state index in [1.54, 1.807) is 22.2 Å². The summed E-state index contributed by atoms with van der Waals surface area (Å²) in [6.45, 7) is 1.28. The van der Waals surface area contributed by atoms with Gasteiger partial charge in [-0.1, -0.05) is 11.3 Å². The maximum absolute atomic E-state index is 12.1. The molecule has 0 aliphatic carbocycles. The molecule has 1 aliphatic heterocycles. The number of carbonyl (C=O) groups excluding carboxylic acids is 1. The Morgan fingerprint density at radius 2 is 2.15 bits per heavy atom. The van der Waals surface area contributed by atoms with Crippen LogP contribution in [0.2, 0.25) is 0 Å². The molecule has 0 aromatic carbocycles. The average Bonchev–Trinajstić information content (AvgIpc) is 3.34. The van der Waals surface area contributed by atoms with Gasteiger partial charge >= 0.3 is 0 Å². The molecule has 1 saturated heterocycles. The normalized spacial score (nSPS) is 25.5. The first kappa shape index (κ1) is 18.9. The molecule has 26 heavy (non-hydrogen) atoms. The molecule has 3 rings (SSSR count). The van der Waals surface area contributed by atoms with Gasteiger partial charge in [0.15, 0.2) is 0 Å². The third kappa shape index (κ3) is 4.65. The Bertz CT molecular complexity index is 707. The number of carbonyl (C=O) groups is 1. The van der Waals surface area contributed by atoms with E-state index in [1.165, 1.54) is 0 Å². The molecule has 1 amide bonds. The van der Waals surface area contributed by atoms with Gasteiger partial charge in [0.2, 0.25) is 5.91 Å². The van der Waals surface area contributed by atoms with Crippen molar-refractivity contribution in [3.8, 4) is 0 Å². The van der Waals surface area contributed by atoms with Crippen LogP contribution >= 0.6 is 11.3 Å². The molecule has 4 N–H and O–H groups in total. The van der Waals surface area contributed by atoms with E-state index in [-0.39, 0.29) is 18.9 Å². The SMILES string of the molecule is CNCc1cn(CC2OC(CC(=O)NCc3cccs3)C(O)C2O)nn1. The second-order valence-electron chi connectivity index (χ2n) is 6.22. The van der Waals surface area contributed by atoms with Crippen molar-refractivity contribution in [3.05, 3.63) is 34.3 Å². The smallest absolute Gasteiger partial charge is 0.223 e. The van der Waals surface area contributed by atoms with Gasteiger partial charge in [0.1, 0.15) is 18.3 Å². The molecule has 1 fully saturated rings. The number of aliphatic hydroxyl groups excluding tert-OH is 2. The van der Waals surface area contributed by atoms with Gasteiger partial charge in [-0.05, 0) is 18.5 Å². The van der Waals surface area contributed by atoms with E-state index >= 15 is 0 Å². The lowest BCUT2D eigenvalue weighted by molar-refractivity contribution is -0.125. The Morgan fingerprint density at radius 1 is 1.35 bits per heavy atom. The van der Waals surface area contributed by atoms with E-state index < -0.39 is 24.4 Å². The molecule has 9 nitrogen and oxygen atoms in total. The Hall–Kier alpha value is -1.85. The Balaban J connectivity index is 1.50. The van der Waals surface area contributed by atoms with Gasteiger partial charge < -0.3 is 25.6 Å². The summed E-state index contributed by atoms with van der Waals surface area (Å²) in [4.78, 5) is 13.1. The van der Waals surface area contributed by atoms with Crippen LogP contribution in [0.4, 0.5) is 0 Å². The molecule has 3 heterocycles. The summed E-state index contributed by atoms with van der Waals surface area (Å²) < 4.78 is 7.27. The van der Waals surface area contributed by atoms with E-state index in [4.69, 9.17) is 4.74 Å². The minimum atomic E-state index is -1.12. The van der Waals surface area contributed by atoms with Crippen molar-refractivity contribution >= 4 is 17.2 Å². The second-order valence-corrected chi connectivity index (χ2v) is 7.25. The summed E-state index contributed by atoms with van der Waals surface area (Å²) >= 11 is 1.56. The number of aromatic nitrogens is 3. The molecule has 0 saturated carbocycles. The predicted molar refractivity (Wildman–Crippen MR) is 94.2 cm³/mol. The lowest BCUT2D eigenvalue weighted by Crippen LogP contribution is -2.36. The fourth-order valence-corrected chi connectivity index (χ4v) is 3.52. The van der Waals surface area contributed by atoms with Crippen LogP contribution < -0.4 is 10.6 Å². The number of nitrogens with zero attached hydrogens (tertiary/aromatic N) is 3. The van der Waals surface area contributed by atoms with Crippen molar-refractivity contribution in [2.24, 2.45) is 0 Å². The van der Waals surface area contributed by atoms with Crippen LogP contribution in [-0.2, 0) is 29.2 Å². The van der Waals surface area contributed by atoms with Gasteiger partial charge in [0.05, 0.1) is 31.3 Å². The molecule has 2 aromatic rings. The topological polar surface area (TPSA) is 122 Å². The van der Waals surface area contributed by atoms with E-state index in [0.29, 0.717) is 13.1 Å². The highest BCUT2D eigenvalue weighted by molar-refractivity contribution is 7.09. The summed E-state index contributed by atoms with van der Waals surface area (Å²) in [5, 5.41) is 36.1. The minimum absolute atomic E-state index is 0.0114. The Morgan fingerprint density at radius 3 is 2.88 bits per heavy atom. The van der Waals surface area contributed by atoms with Crippen LogP contribution in [0.25, 0.3) is 0 Å². The predicted octanol–water partition coefficient (Wildman–Crippen LogP) is -0.745. The maximum Gasteiger partial charge on any atom is 0.223 e. The highest BCUT2D eigenvalue weighted by Gasteiger charge is 2.43. The summed E-state index contributed by atoms with van der Waals surface area (Å²) in [6.07, 6.45) is -1.86. The van der Waals surface area contributed by atoms with Gasteiger partial charge in [-0.15, -0.1) is 16.4 Å². The van der Waals surface area contributed by atoms with E-state index in [1.807, 2.05) is 24.6 Å². The third-order valence-corrected chi connectivity index (χ3v) is 5.08. The van der Waals surface area contributed by atoms with Gasteiger partial charge in [0.25, 0.3) is 0 Å². The minimum Gasteiger partial charge on any atom is -0.388 e. The average molecular weight is 381 g/mol. The monoisotopic (exact) mass is 381 g/mol. The molecule has 4 atom stereocenters. The molecule has 2 aromatic heterocycles. The molecule has 142 valence electrons. The van der Waals surface area contributed by atoms with Crippen molar-refractivity contribution < 1.29 is 19.7 Å². The summed E-state index contributed by atoms with van der Waals surface area (Å²) in [5.41, 5.74) is 0.769. The largest absolute Gasteiger partial charge is 0.388 e. The fourth-order valence-electron chi connectivity index (χ4n) is 2.87. The van der Waals surface area contributed by atoms with Crippen molar-refractivity contribution in [1.82, 2.24) is 25.6 Å². The number of thiophene rings is 1. The number of amides is 1. The third-order valence-electron chi connectivity index (χ3n) is 4.20. The molecule has 1 aliphatic rings. The molecule has 0 bridgehead atoms. The number of rotatable bonds is 8. The van der Waals surface area contributed by atoms with Crippen LogP contribution in [-0.4, -0.2) is 62.6 Å². The van der Waals surface area contributed by atoms with Gasteiger partial charge in [0, 0.05) is 17.6 Å². The zero-order valence-electron chi connectivity index (χ0n) is 14.4. The lowest BCUT2D eigenvalue weighted by Gasteiger charge is -2.14. The number of ether oxygens (including phenoxy) is 1. The van der Waals surface area contributed by atoms with Crippen LogP contribution in [0, 0.1) is 0 Å². The second kappa shape index (κ2) is 8.69. The van der Waals surface area contributed by atoms with Crippen molar-refractivity contribution in [2.75, 3.05) is 7.05 Å². The molecule has 0 radical (unpaired) electrons. The van der Waals surface area contributed by atoms with Crippen molar-refractivity contribution in [1.29, 1.82) is 0 Å². The van der Waals surface area contributed by atoms with Crippen LogP contribution in [0.3, 0.4) is 0 Å². The number of hydrogen-bond acceptors (Lipinski definition) is 8. The zero-order chi connectivity index (χ0) is 18.5. The number of nitrogens with one attached hydrogen (secondary N) is 2. The van der Waals surface area contributed by atoms with Gasteiger partial charge in [-0.2, -0.15) is 0 Å². The summed E-state index contributed by atoms with van der Waals surface area (Å²) in [6, 6.07) is 3.86. The van der Waals surface area contributed by atoms with Gasteiger partial charge in [-0.3, -0.25) is 4.79 Å². The van der Waals surface area contributed by atoms with Crippen LogP contribution in [0.5, 0.6) is 0 Å². The summed E-state index contributed by atoms with van der Waals surface area (Å²) in [7, 11) is 1.81. The van der Waals surface area contributed by atoms with E-state index in [0.717, 1.165) is 10.6 Å². The maximum atomic E-state index is 12.1. The highest BCUT2D eigenvalue weighted by Crippen LogP contribution is 2.25. The first-order chi connectivity index (χ1) is 12.6. The van der Waals surface area contributed by atoms with Gasteiger partial charge in [-0.25, -0.2) is 4.68 Å². The number of hydrogen-bond donors (Lipinski definition) is 4. The van der Waals surface area contributed by atoms with E-state index in [9.17, 15) is 15.0 Å². The first-order valence-electron chi connectivity index (χ1n) is 8.41. The quantitative estimate of drug-likeness (QED) is 0.475. The van der Waals surface area contributed by atoms with Crippen LogP contribution in [0.1, 0.15) is 17.0 Å². The number of aliphatic hydroxyl groups is 2. The van der Waals surface area contributed by atoms with E-state index in [2.05, 4.69) is 20.9 Å². The summed E-state index contributed by atoms with van der Waals surface area (Å²) in [5.74, 6) is -0.229. The van der Waals surface area contributed by atoms with Crippen LogP contribution in [0.15, 0.2) is 23.7 Å². The Labute approximate surface area is 155 Å². The standard InChI is InChI=1S/C16H23N5O4S/c1-17-6-10-8-21(20-19-10)9-13-16(24)15(23)12(25-13)5-14(22)18-7-11-3-2-4-26-11/h2-4,8,12-13,15-17,23-24H,5-7,9H2,1H3,(H,18,22). The van der Waals surface area contributed by atoms with Crippen molar-refractivity contribution in [3.63, 3.8) is 0 Å². The molecule has 4 unspecified atom stereocenters. The first-order valence-corrected chi connectivity index (χ1v) is 9.29. The fraction of sp³-hybridized carbons (Fsp3) is 0.562. The zero-order valence-corrected chi connectivity index (χ0v) is 15.2.